The van der Waals surface area contributed by atoms with Crippen molar-refractivity contribution in [3.05, 3.63) is 64.0 Å². The largest absolute Gasteiger partial charge is 0.497 e. The van der Waals surface area contributed by atoms with E-state index in [1.165, 1.54) is 13.2 Å². The number of nitrogens with zero attached hydrogens (tertiary/aromatic N) is 1. The first kappa shape index (κ1) is 16.9. The number of ether oxygens (including phenoxy) is 1. The van der Waals surface area contributed by atoms with Crippen LogP contribution in [0.2, 0.25) is 5.02 Å². The molecule has 0 saturated heterocycles. The van der Waals surface area contributed by atoms with Crippen molar-refractivity contribution in [3.63, 3.8) is 0 Å². The van der Waals surface area contributed by atoms with Crippen molar-refractivity contribution in [3.8, 4) is 11.8 Å². The molecule has 0 atom stereocenters. The highest BCUT2D eigenvalue weighted by Gasteiger charge is 2.17. The van der Waals surface area contributed by atoms with Crippen molar-refractivity contribution >= 4 is 33.4 Å². The van der Waals surface area contributed by atoms with Gasteiger partial charge >= 0.3 is 0 Å². The summed E-state index contributed by atoms with van der Waals surface area (Å²) in [5.41, 5.74) is 0.897. The summed E-state index contributed by atoms with van der Waals surface area (Å²) in [6.45, 7) is 0. The van der Waals surface area contributed by atoms with Gasteiger partial charge in [0.05, 0.1) is 7.11 Å². The van der Waals surface area contributed by atoms with Gasteiger partial charge in [-0.2, -0.15) is 5.26 Å². The van der Waals surface area contributed by atoms with Gasteiger partial charge in [0.1, 0.15) is 11.8 Å². The molecule has 0 aliphatic carbocycles. The number of halogens is 1. The van der Waals surface area contributed by atoms with E-state index >= 15 is 0 Å². The highest BCUT2D eigenvalue weighted by Crippen LogP contribution is 2.20. The van der Waals surface area contributed by atoms with E-state index in [1.54, 1.807) is 54.6 Å². The van der Waals surface area contributed by atoms with Crippen LogP contribution in [0.3, 0.4) is 0 Å². The van der Waals surface area contributed by atoms with Gasteiger partial charge in [-0.25, -0.2) is 8.42 Å². The van der Waals surface area contributed by atoms with Crippen molar-refractivity contribution in [1.29, 1.82) is 5.26 Å². The topological polar surface area (TPSA) is 79.2 Å². The lowest BCUT2D eigenvalue weighted by molar-refractivity contribution is 0.415. The van der Waals surface area contributed by atoms with Gasteiger partial charge in [-0.15, -0.1) is 0 Å². The molecule has 0 aliphatic rings. The fourth-order valence-electron chi connectivity index (χ4n) is 1.75. The summed E-state index contributed by atoms with van der Waals surface area (Å²) in [4.78, 5) is -0.393. The predicted molar refractivity (Wildman–Crippen MR) is 90.6 cm³/mol. The molecule has 0 radical (unpaired) electrons. The zero-order chi connectivity index (χ0) is 16.9. The summed E-state index contributed by atoms with van der Waals surface area (Å²) < 4.78 is 32.0. The molecule has 118 valence electrons. The lowest BCUT2D eigenvalue weighted by Crippen LogP contribution is -2.14. The standard InChI is InChI=1S/C16H13ClN2O3S/c1-22-15-8-6-14(7-9-15)19-23(20,21)16(11-18)10-12-2-4-13(17)5-3-12/h2-10,19H,1H3/b16-10-. The lowest BCUT2D eigenvalue weighted by Gasteiger charge is -2.08. The van der Waals surface area contributed by atoms with Gasteiger partial charge in [-0.3, -0.25) is 4.72 Å². The summed E-state index contributed by atoms with van der Waals surface area (Å²) in [5.74, 6) is 0.602. The first-order valence-corrected chi connectivity index (χ1v) is 8.35. The number of benzene rings is 2. The molecule has 2 aromatic rings. The monoisotopic (exact) mass is 348 g/mol. The second-order valence-electron chi connectivity index (χ2n) is 4.51. The van der Waals surface area contributed by atoms with Crippen molar-refractivity contribution in [1.82, 2.24) is 0 Å². The molecule has 0 unspecified atom stereocenters. The molecule has 0 bridgehead atoms. The number of nitrogens with one attached hydrogen (secondary N) is 1. The Bertz CT molecular complexity index is 852. The van der Waals surface area contributed by atoms with E-state index in [0.29, 0.717) is 22.0 Å². The third-order valence-corrected chi connectivity index (χ3v) is 4.45. The minimum Gasteiger partial charge on any atom is -0.497 e. The van der Waals surface area contributed by atoms with E-state index in [-0.39, 0.29) is 0 Å². The van der Waals surface area contributed by atoms with Crippen LogP contribution in [0.5, 0.6) is 5.75 Å². The van der Waals surface area contributed by atoms with Gasteiger partial charge in [0, 0.05) is 10.7 Å². The highest BCUT2D eigenvalue weighted by atomic mass is 35.5. The number of methoxy groups -OCH3 is 1. The number of nitriles is 1. The molecular formula is C16H13ClN2O3S. The molecule has 7 heteroatoms. The average Bonchev–Trinajstić information content (AvgIpc) is 2.54. The quantitative estimate of drug-likeness (QED) is 0.836. The first-order valence-electron chi connectivity index (χ1n) is 6.49. The molecule has 0 saturated carbocycles. The molecule has 0 aromatic heterocycles. The van der Waals surface area contributed by atoms with Gasteiger partial charge in [0.15, 0.2) is 4.91 Å². The average molecular weight is 349 g/mol. The Morgan fingerprint density at radius 2 is 1.78 bits per heavy atom. The molecule has 0 amide bonds. The van der Waals surface area contributed by atoms with Gasteiger partial charge in [0.25, 0.3) is 10.0 Å². The molecule has 0 spiro atoms. The Morgan fingerprint density at radius 3 is 2.30 bits per heavy atom. The molecule has 0 fully saturated rings. The van der Waals surface area contributed by atoms with E-state index in [2.05, 4.69) is 4.72 Å². The third kappa shape index (κ3) is 4.49. The summed E-state index contributed by atoms with van der Waals surface area (Å²) in [6.07, 6.45) is 1.28. The molecule has 23 heavy (non-hydrogen) atoms. The Hall–Kier alpha value is -2.49. The molecular weight excluding hydrogens is 336 g/mol. The van der Waals surface area contributed by atoms with Crippen LogP contribution in [0.4, 0.5) is 5.69 Å². The van der Waals surface area contributed by atoms with Crippen LogP contribution in [0.1, 0.15) is 5.56 Å². The molecule has 5 nitrogen and oxygen atoms in total. The zero-order valence-corrected chi connectivity index (χ0v) is 13.7. The maximum absolute atomic E-state index is 12.3. The third-order valence-electron chi connectivity index (χ3n) is 2.91. The maximum Gasteiger partial charge on any atom is 0.272 e. The highest BCUT2D eigenvalue weighted by molar-refractivity contribution is 7.96. The van der Waals surface area contributed by atoms with E-state index in [0.717, 1.165) is 0 Å². The fraction of sp³-hybridized carbons (Fsp3) is 0.0625. The van der Waals surface area contributed by atoms with Crippen LogP contribution in [0.25, 0.3) is 6.08 Å². The first-order chi connectivity index (χ1) is 10.9. The van der Waals surface area contributed by atoms with Crippen LogP contribution < -0.4 is 9.46 Å². The van der Waals surface area contributed by atoms with Crippen LogP contribution in [0, 0.1) is 11.3 Å². The summed E-state index contributed by atoms with van der Waals surface area (Å²) in [5, 5.41) is 9.68. The minimum absolute atomic E-state index is 0.336. The van der Waals surface area contributed by atoms with Gasteiger partial charge in [-0.1, -0.05) is 23.7 Å². The maximum atomic E-state index is 12.3. The predicted octanol–water partition coefficient (Wildman–Crippen LogP) is 3.65. The summed E-state index contributed by atoms with van der Waals surface area (Å²) in [7, 11) is -2.46. The Morgan fingerprint density at radius 1 is 1.17 bits per heavy atom. The SMILES string of the molecule is COc1ccc(NS(=O)(=O)/C(C#N)=C\c2ccc(Cl)cc2)cc1. The van der Waals surface area contributed by atoms with Crippen molar-refractivity contribution in [2.75, 3.05) is 11.8 Å². The Labute approximate surface area is 139 Å². The number of hydrogen-bond acceptors (Lipinski definition) is 4. The van der Waals surface area contributed by atoms with Crippen LogP contribution in [-0.4, -0.2) is 15.5 Å². The molecule has 0 heterocycles. The number of rotatable bonds is 5. The van der Waals surface area contributed by atoms with E-state index < -0.39 is 14.9 Å². The second-order valence-corrected chi connectivity index (χ2v) is 6.59. The van der Waals surface area contributed by atoms with E-state index in [9.17, 15) is 8.42 Å². The number of sulfonamides is 1. The summed E-state index contributed by atoms with van der Waals surface area (Å²) >= 11 is 5.78. The minimum atomic E-state index is -3.98. The zero-order valence-electron chi connectivity index (χ0n) is 12.2. The van der Waals surface area contributed by atoms with E-state index in [4.69, 9.17) is 21.6 Å². The van der Waals surface area contributed by atoms with E-state index in [1.807, 2.05) is 0 Å². The van der Waals surface area contributed by atoms with Gasteiger partial charge in [-0.05, 0) is 48.0 Å². The fourth-order valence-corrected chi connectivity index (χ4v) is 2.84. The molecule has 1 N–H and O–H groups in total. The smallest absolute Gasteiger partial charge is 0.272 e. The Kier molecular flexibility index (Phi) is 5.27. The van der Waals surface area contributed by atoms with Gasteiger partial charge < -0.3 is 4.74 Å². The Balaban J connectivity index is 2.28. The number of allylic oxidation sites excluding steroid dienone is 1. The molecule has 2 aromatic carbocycles. The number of hydrogen-bond donors (Lipinski definition) is 1. The van der Waals surface area contributed by atoms with Crippen molar-refractivity contribution in [2.24, 2.45) is 0 Å². The normalized spacial score (nSPS) is 11.6. The number of anilines is 1. The van der Waals surface area contributed by atoms with Crippen LogP contribution in [0.15, 0.2) is 53.4 Å². The van der Waals surface area contributed by atoms with Gasteiger partial charge in [0.2, 0.25) is 0 Å². The second kappa shape index (κ2) is 7.18. The molecule has 2 rings (SSSR count). The molecule has 0 aliphatic heterocycles. The van der Waals surface area contributed by atoms with Crippen LogP contribution >= 0.6 is 11.6 Å². The van der Waals surface area contributed by atoms with Crippen molar-refractivity contribution < 1.29 is 13.2 Å². The van der Waals surface area contributed by atoms with Crippen molar-refractivity contribution in [2.45, 2.75) is 0 Å². The van der Waals surface area contributed by atoms with Crippen LogP contribution in [-0.2, 0) is 10.0 Å². The summed E-state index contributed by atoms with van der Waals surface area (Å²) in [6, 6.07) is 14.5. The lowest BCUT2D eigenvalue weighted by atomic mass is 10.2.